The van der Waals surface area contributed by atoms with Gasteiger partial charge in [-0.15, -0.1) is 0 Å². The van der Waals surface area contributed by atoms with E-state index in [1.54, 1.807) is 19.6 Å². The SMILES string of the molecule is COc1ccc(C23CCC(CN(C(=O)C4CCC(OC(=O)NC5COC5)CC4)c4cc(-c5coc(C(C)(C)C)n5)ccn4)(CC2)CC3)cc1C. The first-order chi connectivity index (χ1) is 24.0. The molecule has 1 N–H and O–H groups in total. The van der Waals surface area contributed by atoms with Crippen molar-refractivity contribution in [3.8, 4) is 17.0 Å². The molecular weight excluding hydrogens is 632 g/mol. The minimum absolute atomic E-state index is 0.0268. The summed E-state index contributed by atoms with van der Waals surface area (Å²) in [7, 11) is 1.73. The highest BCUT2D eigenvalue weighted by Gasteiger charge is 2.51. The van der Waals surface area contributed by atoms with Crippen molar-refractivity contribution in [3.63, 3.8) is 0 Å². The summed E-state index contributed by atoms with van der Waals surface area (Å²) in [5.74, 6) is 2.22. The van der Waals surface area contributed by atoms with Crippen molar-refractivity contribution in [1.29, 1.82) is 0 Å². The maximum absolute atomic E-state index is 14.6. The van der Waals surface area contributed by atoms with Crippen LogP contribution in [0.15, 0.2) is 47.2 Å². The van der Waals surface area contributed by atoms with E-state index in [2.05, 4.69) is 51.2 Å². The molecule has 8 rings (SSSR count). The molecule has 1 aliphatic heterocycles. The topological polar surface area (TPSA) is 116 Å². The second-order valence-electron chi connectivity index (χ2n) is 16.3. The number of aromatic nitrogens is 2. The molecule has 3 heterocycles. The monoisotopic (exact) mass is 684 g/mol. The summed E-state index contributed by atoms with van der Waals surface area (Å²) in [4.78, 5) is 38.6. The van der Waals surface area contributed by atoms with Gasteiger partial charge < -0.3 is 23.9 Å². The van der Waals surface area contributed by atoms with Gasteiger partial charge >= 0.3 is 6.09 Å². The zero-order valence-electron chi connectivity index (χ0n) is 30.3. The van der Waals surface area contributed by atoms with E-state index in [-0.39, 0.29) is 40.2 Å². The third-order valence-corrected chi connectivity index (χ3v) is 11.9. The van der Waals surface area contributed by atoms with Gasteiger partial charge in [-0.25, -0.2) is 14.8 Å². The van der Waals surface area contributed by atoms with E-state index in [0.29, 0.717) is 57.2 Å². The lowest BCUT2D eigenvalue weighted by Gasteiger charge is -2.55. The van der Waals surface area contributed by atoms with Crippen molar-refractivity contribution in [2.45, 2.75) is 115 Å². The Balaban J connectivity index is 1.10. The Morgan fingerprint density at radius 1 is 1.00 bits per heavy atom. The van der Waals surface area contributed by atoms with Gasteiger partial charge in [-0.2, -0.15) is 0 Å². The number of pyridine rings is 1. The largest absolute Gasteiger partial charge is 0.496 e. The Bertz CT molecular complexity index is 1670. The van der Waals surface area contributed by atoms with Crippen LogP contribution in [0.4, 0.5) is 10.6 Å². The number of fused-ring (bicyclic) bond motifs is 3. The molecule has 0 atom stereocenters. The van der Waals surface area contributed by atoms with Crippen LogP contribution in [0.1, 0.15) is 102 Å². The molecule has 2 bridgehead atoms. The van der Waals surface area contributed by atoms with Crippen LogP contribution in [0.2, 0.25) is 0 Å². The molecule has 0 unspecified atom stereocenters. The summed E-state index contributed by atoms with van der Waals surface area (Å²) in [5, 5.41) is 2.86. The van der Waals surface area contributed by atoms with Crippen LogP contribution in [0.25, 0.3) is 11.3 Å². The van der Waals surface area contributed by atoms with Gasteiger partial charge in [0.1, 0.15) is 29.6 Å². The summed E-state index contributed by atoms with van der Waals surface area (Å²) < 4.78 is 22.3. The number of alkyl carbamates (subject to hydrolysis) is 1. The van der Waals surface area contributed by atoms with Crippen LogP contribution in [-0.2, 0) is 25.1 Å². The molecule has 2 aromatic heterocycles. The maximum atomic E-state index is 14.6. The van der Waals surface area contributed by atoms with E-state index in [9.17, 15) is 9.59 Å². The van der Waals surface area contributed by atoms with E-state index in [4.69, 9.17) is 28.6 Å². The number of oxazole rings is 1. The van der Waals surface area contributed by atoms with Gasteiger partial charge in [0.2, 0.25) is 5.91 Å². The lowest BCUT2D eigenvalue weighted by atomic mass is 9.51. The number of anilines is 1. The molecule has 5 aliphatic rings. The molecule has 50 heavy (non-hydrogen) atoms. The summed E-state index contributed by atoms with van der Waals surface area (Å²) in [6, 6.07) is 10.7. The predicted octanol–water partition coefficient (Wildman–Crippen LogP) is 7.66. The lowest BCUT2D eigenvalue weighted by molar-refractivity contribution is -0.124. The van der Waals surface area contributed by atoms with E-state index in [0.717, 1.165) is 55.5 Å². The Morgan fingerprint density at radius 2 is 1.72 bits per heavy atom. The molecule has 2 amide bonds. The predicted molar refractivity (Wildman–Crippen MR) is 190 cm³/mol. The van der Waals surface area contributed by atoms with E-state index < -0.39 is 6.09 Å². The van der Waals surface area contributed by atoms with Crippen LogP contribution in [-0.4, -0.2) is 61.0 Å². The minimum Gasteiger partial charge on any atom is -0.496 e. The third-order valence-electron chi connectivity index (χ3n) is 11.9. The van der Waals surface area contributed by atoms with Crippen molar-refractivity contribution < 1.29 is 28.2 Å². The number of rotatable bonds is 9. The fourth-order valence-corrected chi connectivity index (χ4v) is 8.54. The Morgan fingerprint density at radius 3 is 2.32 bits per heavy atom. The zero-order valence-corrected chi connectivity index (χ0v) is 30.3. The maximum Gasteiger partial charge on any atom is 0.407 e. The molecule has 10 nitrogen and oxygen atoms in total. The number of hydrogen-bond donors (Lipinski definition) is 1. The molecule has 1 saturated heterocycles. The summed E-state index contributed by atoms with van der Waals surface area (Å²) in [6.45, 7) is 10.1. The average molecular weight is 685 g/mol. The number of ether oxygens (including phenoxy) is 3. The Hall–Kier alpha value is -3.92. The molecule has 5 fully saturated rings. The van der Waals surface area contributed by atoms with Crippen molar-refractivity contribution in [3.05, 3.63) is 59.8 Å². The highest BCUT2D eigenvalue weighted by atomic mass is 16.6. The fraction of sp³-hybridized carbons (Fsp3) is 0.600. The van der Waals surface area contributed by atoms with E-state index >= 15 is 0 Å². The highest BCUT2D eigenvalue weighted by Crippen LogP contribution is 2.58. The van der Waals surface area contributed by atoms with Gasteiger partial charge in [0.15, 0.2) is 5.89 Å². The van der Waals surface area contributed by atoms with Crippen LogP contribution in [0, 0.1) is 18.3 Å². The van der Waals surface area contributed by atoms with Gasteiger partial charge in [0, 0.05) is 29.6 Å². The Labute approximate surface area is 295 Å². The number of carbonyl (C=O) groups excluding carboxylic acids is 2. The number of hydrogen-bond acceptors (Lipinski definition) is 8. The highest BCUT2D eigenvalue weighted by molar-refractivity contribution is 5.95. The molecule has 268 valence electrons. The summed E-state index contributed by atoms with van der Waals surface area (Å²) in [6.07, 6.45) is 12.1. The smallest absolute Gasteiger partial charge is 0.407 e. The first-order valence-corrected chi connectivity index (χ1v) is 18.4. The second kappa shape index (κ2) is 13.7. The average Bonchev–Trinajstić information content (AvgIpc) is 3.62. The van der Waals surface area contributed by atoms with Gasteiger partial charge in [0.05, 0.1) is 26.4 Å². The van der Waals surface area contributed by atoms with Gasteiger partial charge in [-0.05, 0) is 111 Å². The zero-order chi connectivity index (χ0) is 35.1. The number of nitrogens with one attached hydrogen (secondary N) is 1. The first-order valence-electron chi connectivity index (χ1n) is 18.4. The minimum atomic E-state index is -0.396. The van der Waals surface area contributed by atoms with E-state index in [1.165, 1.54) is 11.1 Å². The van der Waals surface area contributed by atoms with Gasteiger partial charge in [0.25, 0.3) is 0 Å². The van der Waals surface area contributed by atoms with Crippen LogP contribution < -0.4 is 15.0 Å². The Kier molecular flexibility index (Phi) is 9.43. The number of methoxy groups -OCH3 is 1. The number of benzene rings is 1. The number of carbonyl (C=O) groups is 2. The molecule has 4 aliphatic carbocycles. The second-order valence-corrected chi connectivity index (χ2v) is 16.3. The van der Waals surface area contributed by atoms with Crippen molar-refractivity contribution in [2.75, 3.05) is 31.8 Å². The number of aryl methyl sites for hydroxylation is 1. The van der Waals surface area contributed by atoms with E-state index in [1.807, 2.05) is 17.0 Å². The van der Waals surface area contributed by atoms with Gasteiger partial charge in [-0.3, -0.25) is 9.69 Å². The number of nitrogens with zero attached hydrogens (tertiary/aromatic N) is 3. The summed E-state index contributed by atoms with van der Waals surface area (Å²) in [5.41, 5.74) is 4.22. The van der Waals surface area contributed by atoms with Crippen LogP contribution in [0.3, 0.4) is 0 Å². The normalized spacial score (nSPS) is 26.6. The van der Waals surface area contributed by atoms with Crippen LogP contribution >= 0.6 is 0 Å². The molecule has 3 aromatic rings. The molecule has 0 radical (unpaired) electrons. The molecule has 4 saturated carbocycles. The molecule has 10 heteroatoms. The quantitative estimate of drug-likeness (QED) is 0.244. The standard InChI is InChI=1S/C40H52N4O6/c1-26-20-29(8-11-33(26)47-5)40-16-13-39(14-17-40,15-18-40)25-44(34-21-28(12-19-41-34)32-24-49-36(43-32)38(2,3)4)35(45)27-6-9-31(10-7-27)50-37(46)42-30-22-48-23-30/h8,11-12,19-21,24,27,30-31H,6-7,9-10,13-18,22-23,25H2,1-5H3,(H,42,46). The van der Waals surface area contributed by atoms with Gasteiger partial charge in [-0.1, -0.05) is 32.9 Å². The number of amides is 2. The van der Waals surface area contributed by atoms with Crippen molar-refractivity contribution in [2.24, 2.45) is 11.3 Å². The van der Waals surface area contributed by atoms with Crippen molar-refractivity contribution >= 4 is 17.8 Å². The summed E-state index contributed by atoms with van der Waals surface area (Å²) >= 11 is 0. The van der Waals surface area contributed by atoms with Crippen LogP contribution in [0.5, 0.6) is 5.75 Å². The van der Waals surface area contributed by atoms with Crippen molar-refractivity contribution in [1.82, 2.24) is 15.3 Å². The first kappa shape index (κ1) is 34.5. The third kappa shape index (κ3) is 7.00. The molecular formula is C40H52N4O6. The fourth-order valence-electron chi connectivity index (χ4n) is 8.54. The lowest BCUT2D eigenvalue weighted by Crippen LogP contribution is -2.52. The molecule has 0 spiro atoms. The molecule has 1 aromatic carbocycles.